The maximum atomic E-state index is 10.6. The number of aromatic amines is 1. The van der Waals surface area contributed by atoms with E-state index in [0.29, 0.717) is 5.82 Å². The van der Waals surface area contributed by atoms with Gasteiger partial charge in [0.25, 0.3) is 0 Å². The van der Waals surface area contributed by atoms with Gasteiger partial charge in [0.05, 0.1) is 0 Å². The average Bonchev–Trinajstić information content (AvgIpc) is 2.75. The summed E-state index contributed by atoms with van der Waals surface area (Å²) in [5.74, 6) is 0.571. The van der Waals surface area contributed by atoms with E-state index in [1.54, 1.807) is 19.3 Å². The van der Waals surface area contributed by atoms with Gasteiger partial charge in [-0.15, -0.1) is 0 Å². The second-order valence-corrected chi connectivity index (χ2v) is 4.33. The van der Waals surface area contributed by atoms with Gasteiger partial charge in [0.2, 0.25) is 0 Å². The Morgan fingerprint density at radius 3 is 2.69 bits per heavy atom. The van der Waals surface area contributed by atoms with Crippen LogP contribution in [0, 0.1) is 13.8 Å². The Balaban J connectivity index is 2.55. The van der Waals surface area contributed by atoms with Crippen LogP contribution >= 0.6 is 0 Å². The number of rotatable bonds is 2. The molecule has 1 unspecified atom stereocenters. The first-order valence-electron chi connectivity index (χ1n) is 5.32. The first kappa shape index (κ1) is 10.9. The van der Waals surface area contributed by atoms with E-state index < -0.39 is 5.60 Å². The molecule has 0 aliphatic carbocycles. The fourth-order valence-corrected chi connectivity index (χ4v) is 1.92. The van der Waals surface area contributed by atoms with Crippen LogP contribution < -0.4 is 0 Å². The Kier molecular flexibility index (Phi) is 2.56. The lowest BCUT2D eigenvalue weighted by atomic mass is 9.90. The SMILES string of the molecule is Cc1ccc(C)c(C(C)(O)c2ncc[nH]2)c1. The van der Waals surface area contributed by atoms with E-state index in [-0.39, 0.29) is 0 Å². The molecule has 0 amide bonds. The minimum atomic E-state index is -1.07. The number of H-pyrrole nitrogens is 1. The van der Waals surface area contributed by atoms with E-state index in [2.05, 4.69) is 9.97 Å². The third-order valence-corrected chi connectivity index (χ3v) is 2.88. The second-order valence-electron chi connectivity index (χ2n) is 4.33. The molecule has 0 saturated heterocycles. The van der Waals surface area contributed by atoms with Crippen molar-refractivity contribution in [2.24, 2.45) is 0 Å². The first-order chi connectivity index (χ1) is 7.51. The van der Waals surface area contributed by atoms with Crippen LogP contribution in [0.4, 0.5) is 0 Å². The van der Waals surface area contributed by atoms with Crippen molar-refractivity contribution in [2.75, 3.05) is 0 Å². The minimum Gasteiger partial charge on any atom is -0.377 e. The zero-order chi connectivity index (χ0) is 11.8. The Labute approximate surface area is 95.2 Å². The number of hydrogen-bond acceptors (Lipinski definition) is 2. The smallest absolute Gasteiger partial charge is 0.144 e. The lowest BCUT2D eigenvalue weighted by Crippen LogP contribution is -2.25. The molecule has 0 aliphatic rings. The summed E-state index contributed by atoms with van der Waals surface area (Å²) in [6, 6.07) is 6.05. The lowest BCUT2D eigenvalue weighted by molar-refractivity contribution is 0.0924. The number of aliphatic hydroxyl groups is 1. The number of aromatic nitrogens is 2. The van der Waals surface area contributed by atoms with E-state index in [4.69, 9.17) is 0 Å². The molecule has 16 heavy (non-hydrogen) atoms. The first-order valence-corrected chi connectivity index (χ1v) is 5.32. The van der Waals surface area contributed by atoms with E-state index >= 15 is 0 Å². The fourth-order valence-electron chi connectivity index (χ4n) is 1.92. The second kappa shape index (κ2) is 3.76. The molecule has 2 N–H and O–H groups in total. The maximum absolute atomic E-state index is 10.6. The van der Waals surface area contributed by atoms with E-state index in [0.717, 1.165) is 16.7 Å². The molecule has 2 rings (SSSR count). The summed E-state index contributed by atoms with van der Waals surface area (Å²) >= 11 is 0. The normalized spacial score (nSPS) is 14.8. The van der Waals surface area contributed by atoms with Crippen LogP contribution in [0.1, 0.15) is 29.4 Å². The summed E-state index contributed by atoms with van der Waals surface area (Å²) in [5, 5.41) is 10.6. The Morgan fingerprint density at radius 2 is 2.06 bits per heavy atom. The zero-order valence-corrected chi connectivity index (χ0v) is 9.78. The van der Waals surface area contributed by atoms with Gasteiger partial charge in [0.15, 0.2) is 0 Å². The minimum absolute atomic E-state index is 0.571. The largest absolute Gasteiger partial charge is 0.377 e. The molecule has 0 fully saturated rings. The molecule has 1 heterocycles. The molecule has 3 heteroatoms. The summed E-state index contributed by atoms with van der Waals surface area (Å²) < 4.78 is 0. The Morgan fingerprint density at radius 1 is 1.31 bits per heavy atom. The van der Waals surface area contributed by atoms with Crippen molar-refractivity contribution in [2.45, 2.75) is 26.4 Å². The van der Waals surface area contributed by atoms with Crippen LogP contribution in [-0.2, 0) is 5.60 Å². The fraction of sp³-hybridized carbons (Fsp3) is 0.308. The Hall–Kier alpha value is -1.61. The maximum Gasteiger partial charge on any atom is 0.144 e. The summed E-state index contributed by atoms with van der Waals surface area (Å²) in [5.41, 5.74) is 2.02. The summed E-state index contributed by atoms with van der Waals surface area (Å²) in [4.78, 5) is 7.09. The highest BCUT2D eigenvalue weighted by atomic mass is 16.3. The van der Waals surface area contributed by atoms with E-state index in [1.165, 1.54) is 0 Å². The van der Waals surface area contributed by atoms with Crippen molar-refractivity contribution >= 4 is 0 Å². The molecule has 0 saturated carbocycles. The molecule has 1 aromatic heterocycles. The molecule has 2 aromatic rings. The molecule has 3 nitrogen and oxygen atoms in total. The third kappa shape index (κ3) is 1.74. The zero-order valence-electron chi connectivity index (χ0n) is 9.78. The van der Waals surface area contributed by atoms with Crippen molar-refractivity contribution in [3.05, 3.63) is 53.1 Å². The number of imidazole rings is 1. The highest BCUT2D eigenvalue weighted by molar-refractivity contribution is 5.38. The average molecular weight is 216 g/mol. The number of benzene rings is 1. The number of aryl methyl sites for hydroxylation is 2. The molecular weight excluding hydrogens is 200 g/mol. The monoisotopic (exact) mass is 216 g/mol. The van der Waals surface area contributed by atoms with Crippen LogP contribution in [0.3, 0.4) is 0 Å². The highest BCUT2D eigenvalue weighted by Crippen LogP contribution is 2.29. The molecule has 0 radical (unpaired) electrons. The van der Waals surface area contributed by atoms with Crippen LogP contribution in [-0.4, -0.2) is 15.1 Å². The molecule has 0 spiro atoms. The molecule has 1 atom stereocenters. The van der Waals surface area contributed by atoms with Gasteiger partial charge < -0.3 is 10.1 Å². The number of nitrogens with zero attached hydrogens (tertiary/aromatic N) is 1. The molecule has 84 valence electrons. The van der Waals surface area contributed by atoms with Crippen LogP contribution in [0.5, 0.6) is 0 Å². The quantitative estimate of drug-likeness (QED) is 0.809. The van der Waals surface area contributed by atoms with Crippen molar-refractivity contribution in [1.82, 2.24) is 9.97 Å². The molecular formula is C13H16N2O. The highest BCUT2D eigenvalue weighted by Gasteiger charge is 2.29. The molecule has 0 aliphatic heterocycles. The topological polar surface area (TPSA) is 48.9 Å². The van der Waals surface area contributed by atoms with Gasteiger partial charge in [0, 0.05) is 12.4 Å². The van der Waals surface area contributed by atoms with E-state index in [9.17, 15) is 5.11 Å². The van der Waals surface area contributed by atoms with Crippen LogP contribution in [0.25, 0.3) is 0 Å². The Bertz CT molecular complexity index is 487. The van der Waals surface area contributed by atoms with Crippen LogP contribution in [0.15, 0.2) is 30.6 Å². The van der Waals surface area contributed by atoms with Crippen molar-refractivity contribution < 1.29 is 5.11 Å². The van der Waals surface area contributed by atoms with Gasteiger partial charge in [-0.05, 0) is 31.9 Å². The summed E-state index contributed by atoms with van der Waals surface area (Å²) in [7, 11) is 0. The van der Waals surface area contributed by atoms with Crippen molar-refractivity contribution in [1.29, 1.82) is 0 Å². The van der Waals surface area contributed by atoms with Gasteiger partial charge in [-0.1, -0.05) is 23.8 Å². The molecule has 1 aromatic carbocycles. The van der Waals surface area contributed by atoms with Crippen molar-refractivity contribution in [3.8, 4) is 0 Å². The van der Waals surface area contributed by atoms with Gasteiger partial charge in [-0.2, -0.15) is 0 Å². The molecule has 0 bridgehead atoms. The standard InChI is InChI=1S/C13H16N2O/c1-9-4-5-10(2)11(8-9)13(3,16)12-14-6-7-15-12/h4-8,16H,1-3H3,(H,14,15). The van der Waals surface area contributed by atoms with Gasteiger partial charge in [-0.25, -0.2) is 4.98 Å². The number of hydrogen-bond donors (Lipinski definition) is 2. The van der Waals surface area contributed by atoms with Gasteiger partial charge >= 0.3 is 0 Å². The number of nitrogens with one attached hydrogen (secondary N) is 1. The van der Waals surface area contributed by atoms with Gasteiger partial charge in [-0.3, -0.25) is 0 Å². The van der Waals surface area contributed by atoms with E-state index in [1.807, 2.05) is 32.0 Å². The predicted octanol–water partition coefficient (Wildman–Crippen LogP) is 2.28. The third-order valence-electron chi connectivity index (χ3n) is 2.88. The predicted molar refractivity (Wildman–Crippen MR) is 63.2 cm³/mol. The summed E-state index contributed by atoms with van der Waals surface area (Å²) in [6.45, 7) is 5.76. The summed E-state index contributed by atoms with van der Waals surface area (Å²) in [6.07, 6.45) is 3.36. The van der Waals surface area contributed by atoms with Crippen molar-refractivity contribution in [3.63, 3.8) is 0 Å². The lowest BCUT2D eigenvalue weighted by Gasteiger charge is -2.23. The van der Waals surface area contributed by atoms with Gasteiger partial charge in [0.1, 0.15) is 11.4 Å². The van der Waals surface area contributed by atoms with Crippen LogP contribution in [0.2, 0.25) is 0 Å².